The maximum atomic E-state index is 6.98. The Hall–Kier alpha value is -7.30. The fourth-order valence-electron chi connectivity index (χ4n) is 8.42. The molecule has 264 valence electrons. The van der Waals surface area contributed by atoms with E-state index in [1.807, 2.05) is 36.4 Å². The van der Waals surface area contributed by atoms with Gasteiger partial charge in [-0.2, -0.15) is 0 Å². The van der Waals surface area contributed by atoms with Crippen LogP contribution in [-0.2, 0) is 0 Å². The SMILES string of the molecule is C1=CC(n2c3ccc(-c4ccccc4)cc3c3cc(-c4ccccc4)ccc32)=C2Oc3cc(-c4nc(-c5ccccc5)cc(-c5ccccc5)n4)ccc3C2C1. The third-order valence-electron chi connectivity index (χ3n) is 11.2. The highest BCUT2D eigenvalue weighted by molar-refractivity contribution is 6.13. The van der Waals surface area contributed by atoms with Crippen LogP contribution in [0.3, 0.4) is 0 Å². The van der Waals surface area contributed by atoms with Gasteiger partial charge in [0.1, 0.15) is 11.5 Å². The quantitative estimate of drug-likeness (QED) is 0.172. The minimum absolute atomic E-state index is 0.107. The summed E-state index contributed by atoms with van der Waals surface area (Å²) in [5, 5.41) is 2.43. The van der Waals surface area contributed by atoms with E-state index in [4.69, 9.17) is 14.7 Å². The van der Waals surface area contributed by atoms with Gasteiger partial charge in [-0.1, -0.05) is 152 Å². The zero-order valence-electron chi connectivity index (χ0n) is 30.5. The summed E-state index contributed by atoms with van der Waals surface area (Å²) in [6, 6.07) is 64.2. The second kappa shape index (κ2) is 13.2. The van der Waals surface area contributed by atoms with Crippen molar-refractivity contribution in [3.63, 3.8) is 0 Å². The molecule has 3 heterocycles. The molecular weight excluding hydrogens is 683 g/mol. The minimum Gasteiger partial charge on any atom is -0.459 e. The molecule has 0 spiro atoms. The molecule has 0 radical (unpaired) electrons. The summed E-state index contributed by atoms with van der Waals surface area (Å²) in [4.78, 5) is 10.2. The number of aromatic nitrogens is 3. The molecule has 1 unspecified atom stereocenters. The van der Waals surface area contributed by atoms with Crippen LogP contribution < -0.4 is 4.74 Å². The number of hydrogen-bond acceptors (Lipinski definition) is 3. The zero-order valence-corrected chi connectivity index (χ0v) is 30.5. The molecule has 2 aromatic heterocycles. The Balaban J connectivity index is 1.05. The lowest BCUT2D eigenvalue weighted by Crippen LogP contribution is -2.09. The Bertz CT molecular complexity index is 2850. The number of rotatable bonds is 6. The number of hydrogen-bond donors (Lipinski definition) is 0. The topological polar surface area (TPSA) is 39.9 Å². The van der Waals surface area contributed by atoms with Gasteiger partial charge in [-0.25, -0.2) is 9.97 Å². The Morgan fingerprint density at radius 2 is 0.964 bits per heavy atom. The van der Waals surface area contributed by atoms with Crippen LogP contribution in [0.1, 0.15) is 17.9 Å². The van der Waals surface area contributed by atoms with Crippen LogP contribution in [-0.4, -0.2) is 14.5 Å². The van der Waals surface area contributed by atoms with Crippen LogP contribution in [0.15, 0.2) is 200 Å². The maximum Gasteiger partial charge on any atom is 0.160 e. The van der Waals surface area contributed by atoms with Crippen LogP contribution in [0.25, 0.3) is 83.7 Å². The summed E-state index contributed by atoms with van der Waals surface area (Å²) in [6.45, 7) is 0. The molecule has 0 bridgehead atoms. The van der Waals surface area contributed by atoms with Crippen LogP contribution in [0.5, 0.6) is 5.75 Å². The molecule has 0 N–H and O–H groups in total. The van der Waals surface area contributed by atoms with E-state index >= 15 is 0 Å². The van der Waals surface area contributed by atoms with Crippen molar-refractivity contribution in [2.24, 2.45) is 0 Å². The molecule has 2 aliphatic rings. The summed E-state index contributed by atoms with van der Waals surface area (Å²) in [7, 11) is 0. The largest absolute Gasteiger partial charge is 0.459 e. The fourth-order valence-corrected chi connectivity index (χ4v) is 8.42. The predicted molar refractivity (Wildman–Crippen MR) is 229 cm³/mol. The molecule has 0 saturated heterocycles. The van der Waals surface area contributed by atoms with Gasteiger partial charge in [0.15, 0.2) is 5.82 Å². The standard InChI is InChI=1S/C52H35N3O/c1-5-14-34(15-6-1)38-25-28-47-43(30-38)44-31-39(35-16-7-2-8-17-35)26-29-48(44)55(47)49-23-13-22-42-41-27-24-40(32-50(41)56-51(42)49)52-53-45(36-18-9-3-10-19-36)33-46(54-52)37-20-11-4-12-21-37/h1-21,23-33,42H,22H2. The first-order valence-electron chi connectivity index (χ1n) is 19.2. The minimum atomic E-state index is 0.107. The van der Waals surface area contributed by atoms with Gasteiger partial charge in [0.05, 0.1) is 34.0 Å². The summed E-state index contributed by atoms with van der Waals surface area (Å²) < 4.78 is 9.38. The van der Waals surface area contributed by atoms with Crippen molar-refractivity contribution < 1.29 is 4.74 Å². The van der Waals surface area contributed by atoms with Gasteiger partial charge in [0.2, 0.25) is 0 Å². The Morgan fingerprint density at radius 1 is 0.464 bits per heavy atom. The van der Waals surface area contributed by atoms with E-state index in [1.165, 1.54) is 38.6 Å². The van der Waals surface area contributed by atoms with E-state index in [1.54, 1.807) is 0 Å². The number of fused-ring (bicyclic) bond motifs is 6. The summed E-state index contributed by atoms with van der Waals surface area (Å²) >= 11 is 0. The highest BCUT2D eigenvalue weighted by Gasteiger charge is 2.35. The van der Waals surface area contributed by atoms with Gasteiger partial charge in [-0.15, -0.1) is 0 Å². The van der Waals surface area contributed by atoms with Gasteiger partial charge in [-0.05, 0) is 71.1 Å². The van der Waals surface area contributed by atoms with Crippen molar-refractivity contribution in [1.82, 2.24) is 14.5 Å². The van der Waals surface area contributed by atoms with Crippen molar-refractivity contribution in [1.29, 1.82) is 0 Å². The Kier molecular flexibility index (Phi) is 7.59. The number of ether oxygens (including phenoxy) is 1. The Labute approximate surface area is 325 Å². The number of benzene rings is 7. The normalized spacial score (nSPS) is 14.5. The van der Waals surface area contributed by atoms with Crippen molar-refractivity contribution in [2.45, 2.75) is 12.3 Å². The van der Waals surface area contributed by atoms with Gasteiger partial charge in [-0.3, -0.25) is 0 Å². The lowest BCUT2D eigenvalue weighted by molar-refractivity contribution is 0.426. The monoisotopic (exact) mass is 717 g/mol. The van der Waals surface area contributed by atoms with E-state index < -0.39 is 0 Å². The van der Waals surface area contributed by atoms with Crippen LogP contribution in [0, 0.1) is 0 Å². The average molecular weight is 718 g/mol. The molecule has 4 nitrogen and oxygen atoms in total. The molecule has 0 amide bonds. The van der Waals surface area contributed by atoms with Crippen LogP contribution >= 0.6 is 0 Å². The molecular formula is C52H35N3O. The highest BCUT2D eigenvalue weighted by Crippen LogP contribution is 2.49. The number of allylic oxidation sites excluding steroid dienone is 4. The van der Waals surface area contributed by atoms with Crippen molar-refractivity contribution in [2.75, 3.05) is 0 Å². The smallest absolute Gasteiger partial charge is 0.160 e. The van der Waals surface area contributed by atoms with E-state index in [2.05, 4.69) is 162 Å². The lowest BCUT2D eigenvalue weighted by Gasteiger charge is -2.20. The third-order valence-corrected chi connectivity index (χ3v) is 11.2. The maximum absolute atomic E-state index is 6.98. The molecule has 56 heavy (non-hydrogen) atoms. The van der Waals surface area contributed by atoms with Gasteiger partial charge >= 0.3 is 0 Å². The second-order valence-electron chi connectivity index (χ2n) is 14.5. The van der Waals surface area contributed by atoms with Gasteiger partial charge in [0, 0.05) is 33.0 Å². The molecule has 0 saturated carbocycles. The van der Waals surface area contributed by atoms with E-state index in [-0.39, 0.29) is 5.92 Å². The lowest BCUT2D eigenvalue weighted by atomic mass is 9.90. The second-order valence-corrected chi connectivity index (χ2v) is 14.5. The van der Waals surface area contributed by atoms with Crippen LogP contribution in [0.4, 0.5) is 0 Å². The molecule has 1 atom stereocenters. The first-order valence-corrected chi connectivity index (χ1v) is 19.2. The van der Waals surface area contributed by atoms with E-state index in [0.717, 1.165) is 62.7 Å². The fraction of sp³-hybridized carbons (Fsp3) is 0.0385. The summed E-state index contributed by atoms with van der Waals surface area (Å²) in [5.41, 5.74) is 14.1. The molecule has 11 rings (SSSR count). The molecule has 4 heteroatoms. The summed E-state index contributed by atoms with van der Waals surface area (Å²) in [6.07, 6.45) is 5.41. The van der Waals surface area contributed by atoms with E-state index in [9.17, 15) is 0 Å². The van der Waals surface area contributed by atoms with Crippen molar-refractivity contribution >= 4 is 27.5 Å². The first kappa shape index (κ1) is 32.2. The molecule has 0 fully saturated rings. The molecule has 1 aliphatic carbocycles. The predicted octanol–water partition coefficient (Wildman–Crippen LogP) is 13.2. The molecule has 9 aromatic rings. The average Bonchev–Trinajstić information content (AvgIpc) is 3.82. The van der Waals surface area contributed by atoms with Crippen LogP contribution in [0.2, 0.25) is 0 Å². The highest BCUT2D eigenvalue weighted by atomic mass is 16.5. The van der Waals surface area contributed by atoms with Crippen molar-refractivity contribution in [3.05, 3.63) is 205 Å². The van der Waals surface area contributed by atoms with Gasteiger partial charge in [0.25, 0.3) is 0 Å². The third kappa shape index (κ3) is 5.46. The zero-order chi connectivity index (χ0) is 37.0. The molecule has 7 aromatic carbocycles. The molecule has 1 aliphatic heterocycles. The first-order chi connectivity index (χ1) is 27.7. The Morgan fingerprint density at radius 3 is 1.50 bits per heavy atom. The van der Waals surface area contributed by atoms with Crippen molar-refractivity contribution in [3.8, 4) is 61.9 Å². The number of nitrogens with zero attached hydrogens (tertiary/aromatic N) is 3. The summed E-state index contributed by atoms with van der Waals surface area (Å²) in [5.74, 6) is 2.61. The van der Waals surface area contributed by atoms with Gasteiger partial charge < -0.3 is 9.30 Å². The van der Waals surface area contributed by atoms with E-state index in [0.29, 0.717) is 5.82 Å².